The monoisotopic (exact) mass is 416 g/mol. The molecule has 3 aromatic carbocycles. The molecular weight excluding hydrogens is 399 g/mol. The minimum absolute atomic E-state index is 0.114. The Bertz CT molecular complexity index is 1200. The summed E-state index contributed by atoms with van der Waals surface area (Å²) in [7, 11) is 0. The number of hydrogen-bond acceptors (Lipinski definition) is 6. The molecule has 0 aliphatic heterocycles. The number of benzene rings is 3. The van der Waals surface area contributed by atoms with Gasteiger partial charge in [-0.15, -0.1) is 10.2 Å². The summed E-state index contributed by atoms with van der Waals surface area (Å²) in [6.45, 7) is 1.60. The van der Waals surface area contributed by atoms with Crippen LogP contribution in [-0.2, 0) is 4.74 Å². The maximum Gasteiger partial charge on any atom is 0.338 e. The minimum atomic E-state index is -0.792. The number of rotatable bonds is 6. The van der Waals surface area contributed by atoms with Crippen LogP contribution < -0.4 is 0 Å². The topological polar surface area (TPSA) is 82.3 Å². The molecule has 0 saturated heterocycles. The molecule has 4 rings (SSSR count). The van der Waals surface area contributed by atoms with Gasteiger partial charge in [-0.25, -0.2) is 9.18 Å². The SMILES string of the molecule is C[C@@H](OC(=O)c1ccc(C(=O)c2ccccc2)cc1)c1nnc(-c2ccc(F)cc2)o1. The summed E-state index contributed by atoms with van der Waals surface area (Å²) in [5.41, 5.74) is 1.88. The molecule has 0 aliphatic carbocycles. The maximum absolute atomic E-state index is 13.1. The van der Waals surface area contributed by atoms with Crippen molar-refractivity contribution in [2.45, 2.75) is 13.0 Å². The van der Waals surface area contributed by atoms with Gasteiger partial charge in [0.25, 0.3) is 5.89 Å². The lowest BCUT2D eigenvalue weighted by Gasteiger charge is -2.09. The van der Waals surface area contributed by atoms with Crippen molar-refractivity contribution in [2.75, 3.05) is 0 Å². The molecule has 7 heteroatoms. The van der Waals surface area contributed by atoms with Crippen molar-refractivity contribution in [1.29, 1.82) is 0 Å². The zero-order valence-corrected chi connectivity index (χ0v) is 16.5. The summed E-state index contributed by atoms with van der Waals surface area (Å²) in [4.78, 5) is 24.9. The Morgan fingerprint density at radius 1 is 0.839 bits per heavy atom. The van der Waals surface area contributed by atoms with Crippen LogP contribution >= 0.6 is 0 Å². The second-order valence-corrected chi connectivity index (χ2v) is 6.77. The average molecular weight is 416 g/mol. The van der Waals surface area contributed by atoms with E-state index in [4.69, 9.17) is 9.15 Å². The average Bonchev–Trinajstić information content (AvgIpc) is 3.30. The number of carbonyl (C=O) groups excluding carboxylic acids is 2. The molecule has 31 heavy (non-hydrogen) atoms. The van der Waals surface area contributed by atoms with E-state index in [9.17, 15) is 14.0 Å². The quantitative estimate of drug-likeness (QED) is 0.324. The van der Waals surface area contributed by atoms with Crippen LogP contribution in [0.4, 0.5) is 4.39 Å². The summed E-state index contributed by atoms with van der Waals surface area (Å²) in [6, 6.07) is 20.7. The molecule has 0 N–H and O–H groups in total. The molecule has 154 valence electrons. The minimum Gasteiger partial charge on any atom is -0.449 e. The van der Waals surface area contributed by atoms with Gasteiger partial charge in [0.1, 0.15) is 5.82 Å². The Morgan fingerprint density at radius 3 is 2.13 bits per heavy atom. The highest BCUT2D eigenvalue weighted by atomic mass is 19.1. The third-order valence-electron chi connectivity index (χ3n) is 4.58. The Morgan fingerprint density at radius 2 is 1.45 bits per heavy atom. The zero-order valence-electron chi connectivity index (χ0n) is 16.5. The van der Waals surface area contributed by atoms with Gasteiger partial charge in [-0.3, -0.25) is 4.79 Å². The van der Waals surface area contributed by atoms with E-state index < -0.39 is 12.1 Å². The number of carbonyl (C=O) groups is 2. The first kappa shape index (κ1) is 20.2. The van der Waals surface area contributed by atoms with Crippen LogP contribution in [-0.4, -0.2) is 21.9 Å². The van der Waals surface area contributed by atoms with E-state index >= 15 is 0 Å². The van der Waals surface area contributed by atoms with Crippen molar-refractivity contribution < 1.29 is 23.1 Å². The summed E-state index contributed by atoms with van der Waals surface area (Å²) >= 11 is 0. The van der Waals surface area contributed by atoms with Crippen molar-refractivity contribution in [2.24, 2.45) is 0 Å². The highest BCUT2D eigenvalue weighted by Gasteiger charge is 2.20. The van der Waals surface area contributed by atoms with E-state index in [1.54, 1.807) is 43.3 Å². The number of aromatic nitrogens is 2. The molecule has 0 amide bonds. The van der Waals surface area contributed by atoms with Crippen LogP contribution in [0.2, 0.25) is 0 Å². The Balaban J connectivity index is 1.42. The van der Waals surface area contributed by atoms with Crippen LogP contribution in [0.5, 0.6) is 0 Å². The van der Waals surface area contributed by atoms with Gasteiger partial charge in [0, 0.05) is 16.7 Å². The highest BCUT2D eigenvalue weighted by molar-refractivity contribution is 6.09. The van der Waals surface area contributed by atoms with Crippen LogP contribution in [0.25, 0.3) is 11.5 Å². The van der Waals surface area contributed by atoms with Crippen LogP contribution in [0.15, 0.2) is 83.3 Å². The first-order chi connectivity index (χ1) is 15.0. The fourth-order valence-corrected chi connectivity index (χ4v) is 2.90. The van der Waals surface area contributed by atoms with Crippen LogP contribution in [0, 0.1) is 5.82 Å². The van der Waals surface area contributed by atoms with Crippen molar-refractivity contribution in [3.8, 4) is 11.5 Å². The first-order valence-corrected chi connectivity index (χ1v) is 9.51. The maximum atomic E-state index is 13.1. The number of ketones is 1. The first-order valence-electron chi connectivity index (χ1n) is 9.51. The van der Waals surface area contributed by atoms with E-state index in [0.29, 0.717) is 16.7 Å². The Kier molecular flexibility index (Phi) is 5.66. The van der Waals surface area contributed by atoms with Gasteiger partial charge in [-0.1, -0.05) is 42.5 Å². The van der Waals surface area contributed by atoms with Gasteiger partial charge in [0.05, 0.1) is 5.56 Å². The smallest absolute Gasteiger partial charge is 0.338 e. The number of halogens is 1. The lowest BCUT2D eigenvalue weighted by molar-refractivity contribution is 0.0279. The van der Waals surface area contributed by atoms with Crippen molar-refractivity contribution in [3.63, 3.8) is 0 Å². The molecule has 0 saturated carbocycles. The van der Waals surface area contributed by atoms with E-state index in [0.717, 1.165) is 0 Å². The molecule has 1 atom stereocenters. The molecule has 4 aromatic rings. The second-order valence-electron chi connectivity index (χ2n) is 6.77. The third-order valence-corrected chi connectivity index (χ3v) is 4.58. The van der Waals surface area contributed by atoms with Crippen LogP contribution in [0.3, 0.4) is 0 Å². The molecule has 6 nitrogen and oxygen atoms in total. The van der Waals surface area contributed by atoms with Gasteiger partial charge in [-0.05, 0) is 43.3 Å². The van der Waals surface area contributed by atoms with Crippen molar-refractivity contribution in [3.05, 3.63) is 107 Å². The molecule has 1 heterocycles. The van der Waals surface area contributed by atoms with Crippen LogP contribution in [0.1, 0.15) is 45.2 Å². The second kappa shape index (κ2) is 8.71. The van der Waals surface area contributed by atoms with Gasteiger partial charge in [0.2, 0.25) is 5.89 Å². The molecule has 0 aliphatic rings. The standard InChI is InChI=1S/C24H17FN2O4/c1-15(22-26-27-23(31-22)18-11-13-20(25)14-12-18)30-24(29)19-9-7-17(8-10-19)21(28)16-5-3-2-4-6-16/h2-15H,1H3/t15-/m1/s1. The summed E-state index contributed by atoms with van der Waals surface area (Å²) in [5, 5.41) is 7.81. The molecule has 1 aromatic heterocycles. The fourth-order valence-electron chi connectivity index (χ4n) is 2.90. The molecular formula is C24H17FN2O4. The lowest BCUT2D eigenvalue weighted by Crippen LogP contribution is -2.10. The number of nitrogens with zero attached hydrogens (tertiary/aromatic N) is 2. The highest BCUT2D eigenvalue weighted by Crippen LogP contribution is 2.23. The summed E-state index contributed by atoms with van der Waals surface area (Å²) in [6.07, 6.45) is -0.792. The zero-order chi connectivity index (χ0) is 21.8. The van der Waals surface area contributed by atoms with Crippen molar-refractivity contribution >= 4 is 11.8 Å². The number of hydrogen-bond donors (Lipinski definition) is 0. The van der Waals surface area contributed by atoms with E-state index in [-0.39, 0.29) is 28.9 Å². The molecule has 0 unspecified atom stereocenters. The Labute approximate surface area is 177 Å². The summed E-state index contributed by atoms with van der Waals surface area (Å²) in [5.74, 6) is -0.784. The van der Waals surface area contributed by atoms with Gasteiger partial charge >= 0.3 is 5.97 Å². The fraction of sp³-hybridized carbons (Fsp3) is 0.0833. The van der Waals surface area contributed by atoms with E-state index in [2.05, 4.69) is 10.2 Å². The molecule has 0 fully saturated rings. The van der Waals surface area contributed by atoms with E-state index in [1.807, 2.05) is 6.07 Å². The molecule has 0 spiro atoms. The molecule has 0 bridgehead atoms. The normalized spacial score (nSPS) is 11.7. The number of esters is 1. The van der Waals surface area contributed by atoms with Gasteiger partial charge in [-0.2, -0.15) is 0 Å². The largest absolute Gasteiger partial charge is 0.449 e. The number of ether oxygens (including phenoxy) is 1. The summed E-state index contributed by atoms with van der Waals surface area (Å²) < 4.78 is 24.0. The molecule has 0 radical (unpaired) electrons. The predicted molar refractivity (Wildman–Crippen MR) is 110 cm³/mol. The predicted octanol–water partition coefficient (Wildman–Crippen LogP) is 5.02. The van der Waals surface area contributed by atoms with Gasteiger partial charge < -0.3 is 9.15 Å². The lowest BCUT2D eigenvalue weighted by atomic mass is 10.0. The third kappa shape index (κ3) is 4.56. The van der Waals surface area contributed by atoms with Gasteiger partial charge in [0.15, 0.2) is 11.9 Å². The Hall–Kier alpha value is -4.13. The van der Waals surface area contributed by atoms with Crippen molar-refractivity contribution in [1.82, 2.24) is 10.2 Å². The van der Waals surface area contributed by atoms with E-state index in [1.165, 1.54) is 36.4 Å².